The topological polar surface area (TPSA) is 46.2 Å². The van der Waals surface area contributed by atoms with Gasteiger partial charge < -0.3 is 5.32 Å². The van der Waals surface area contributed by atoms with Crippen molar-refractivity contribution in [3.63, 3.8) is 0 Å². The number of rotatable bonds is 4. The van der Waals surface area contributed by atoms with Crippen LogP contribution in [0.15, 0.2) is 11.6 Å². The minimum absolute atomic E-state index is 0.0903. The molecule has 0 unspecified atom stereocenters. The van der Waals surface area contributed by atoms with Crippen LogP contribution in [0.1, 0.15) is 27.2 Å². The third-order valence-corrected chi connectivity index (χ3v) is 1.20. The number of carbonyl (C=O) groups excluding carboxylic acids is 2. The van der Waals surface area contributed by atoms with Crippen LogP contribution >= 0.6 is 0 Å². The molecule has 0 aromatic heterocycles. The molecule has 3 heteroatoms. The van der Waals surface area contributed by atoms with Gasteiger partial charge in [0.1, 0.15) is 5.78 Å². The zero-order valence-electron chi connectivity index (χ0n) is 7.81. The molecule has 1 N–H and O–H groups in total. The molecule has 1 amide bonds. The van der Waals surface area contributed by atoms with E-state index in [1.54, 1.807) is 0 Å². The summed E-state index contributed by atoms with van der Waals surface area (Å²) in [6, 6.07) is 0. The molecule has 0 spiro atoms. The summed E-state index contributed by atoms with van der Waals surface area (Å²) in [7, 11) is 0. The van der Waals surface area contributed by atoms with Crippen molar-refractivity contribution in [1.82, 2.24) is 5.32 Å². The average molecular weight is 169 g/mol. The van der Waals surface area contributed by atoms with E-state index in [1.807, 2.05) is 13.8 Å². The molecular formula is C9H15NO2. The summed E-state index contributed by atoms with van der Waals surface area (Å²) in [5.74, 6) is -0.0382. The van der Waals surface area contributed by atoms with Crippen molar-refractivity contribution in [2.24, 2.45) is 0 Å². The van der Waals surface area contributed by atoms with Gasteiger partial charge in [0.2, 0.25) is 5.91 Å². The molecule has 0 radical (unpaired) electrons. The van der Waals surface area contributed by atoms with Crippen LogP contribution in [0.2, 0.25) is 0 Å². The molecular weight excluding hydrogens is 154 g/mol. The van der Waals surface area contributed by atoms with Gasteiger partial charge in [-0.3, -0.25) is 9.59 Å². The van der Waals surface area contributed by atoms with Gasteiger partial charge >= 0.3 is 0 Å². The lowest BCUT2D eigenvalue weighted by Crippen LogP contribution is -2.23. The van der Waals surface area contributed by atoms with E-state index < -0.39 is 0 Å². The van der Waals surface area contributed by atoms with E-state index in [4.69, 9.17) is 0 Å². The van der Waals surface area contributed by atoms with E-state index in [9.17, 15) is 9.59 Å². The van der Waals surface area contributed by atoms with Crippen molar-refractivity contribution in [3.05, 3.63) is 11.6 Å². The highest BCUT2D eigenvalue weighted by atomic mass is 16.1. The Bertz CT molecular complexity index is 203. The molecule has 0 aliphatic carbocycles. The third kappa shape index (κ3) is 6.99. The van der Waals surface area contributed by atoms with Gasteiger partial charge in [-0.2, -0.15) is 0 Å². The zero-order valence-corrected chi connectivity index (χ0v) is 7.81. The maximum atomic E-state index is 10.9. The predicted molar refractivity (Wildman–Crippen MR) is 47.7 cm³/mol. The van der Waals surface area contributed by atoms with Gasteiger partial charge in [-0.1, -0.05) is 5.57 Å². The fraction of sp³-hybridized carbons (Fsp3) is 0.556. The molecule has 0 aromatic rings. The quantitative estimate of drug-likeness (QED) is 0.639. The van der Waals surface area contributed by atoms with Gasteiger partial charge in [-0.25, -0.2) is 0 Å². The van der Waals surface area contributed by atoms with Gasteiger partial charge in [0.15, 0.2) is 0 Å². The maximum absolute atomic E-state index is 10.9. The lowest BCUT2D eigenvalue weighted by Gasteiger charge is -1.99. The second-order valence-corrected chi connectivity index (χ2v) is 2.96. The molecule has 0 aliphatic heterocycles. The molecule has 0 saturated carbocycles. The molecule has 3 nitrogen and oxygen atoms in total. The van der Waals surface area contributed by atoms with Crippen molar-refractivity contribution < 1.29 is 9.59 Å². The largest absolute Gasteiger partial charge is 0.352 e. The monoisotopic (exact) mass is 169 g/mol. The van der Waals surface area contributed by atoms with Crippen molar-refractivity contribution in [1.29, 1.82) is 0 Å². The van der Waals surface area contributed by atoms with Crippen LogP contribution in [-0.2, 0) is 9.59 Å². The summed E-state index contributed by atoms with van der Waals surface area (Å²) in [6.07, 6.45) is 1.92. The number of ketones is 1. The van der Waals surface area contributed by atoms with E-state index in [0.717, 1.165) is 5.57 Å². The first kappa shape index (κ1) is 10.9. The predicted octanol–water partition coefficient (Wildman–Crippen LogP) is 1.05. The fourth-order valence-corrected chi connectivity index (χ4v) is 0.675. The Morgan fingerprint density at radius 1 is 1.25 bits per heavy atom. The first-order chi connectivity index (χ1) is 5.52. The average Bonchev–Trinajstić information content (AvgIpc) is 1.84. The molecule has 0 aromatic carbocycles. The summed E-state index contributed by atoms with van der Waals surface area (Å²) >= 11 is 0. The molecule has 0 saturated heterocycles. The smallest absolute Gasteiger partial charge is 0.243 e. The highest BCUT2D eigenvalue weighted by Gasteiger charge is 1.96. The molecule has 12 heavy (non-hydrogen) atoms. The van der Waals surface area contributed by atoms with Crippen molar-refractivity contribution in [3.8, 4) is 0 Å². The lowest BCUT2D eigenvalue weighted by molar-refractivity contribution is -0.117. The van der Waals surface area contributed by atoms with Crippen LogP contribution in [0.25, 0.3) is 0 Å². The maximum Gasteiger partial charge on any atom is 0.243 e. The van der Waals surface area contributed by atoms with Crippen LogP contribution < -0.4 is 5.32 Å². The number of Topliss-reactive ketones (excluding diaryl/α,β-unsaturated/α-hetero) is 1. The number of amides is 1. The third-order valence-electron chi connectivity index (χ3n) is 1.20. The van der Waals surface area contributed by atoms with E-state index in [0.29, 0.717) is 13.0 Å². The normalized spacial score (nSPS) is 8.92. The summed E-state index contributed by atoms with van der Waals surface area (Å²) in [5.41, 5.74) is 0.954. The summed E-state index contributed by atoms with van der Waals surface area (Å²) in [5, 5.41) is 2.61. The second-order valence-electron chi connectivity index (χ2n) is 2.96. The first-order valence-electron chi connectivity index (χ1n) is 3.94. The Hall–Kier alpha value is -1.12. The number of hydrogen-bond donors (Lipinski definition) is 1. The molecule has 0 aliphatic rings. The lowest BCUT2D eigenvalue weighted by atomic mass is 10.3. The molecule has 0 bridgehead atoms. The zero-order chi connectivity index (χ0) is 9.56. The number of hydrogen-bond acceptors (Lipinski definition) is 2. The second kappa shape index (κ2) is 5.52. The van der Waals surface area contributed by atoms with Crippen LogP contribution in [0, 0.1) is 0 Å². The standard InChI is InChI=1S/C9H15NO2/c1-7(2)6-9(12)10-5-4-8(3)11/h6H,4-5H2,1-3H3,(H,10,12). The van der Waals surface area contributed by atoms with Gasteiger partial charge in [-0.05, 0) is 20.8 Å². The highest BCUT2D eigenvalue weighted by molar-refractivity contribution is 5.88. The van der Waals surface area contributed by atoms with Gasteiger partial charge in [0, 0.05) is 19.0 Å². The number of nitrogens with one attached hydrogen (secondary N) is 1. The Morgan fingerprint density at radius 2 is 1.83 bits per heavy atom. The molecule has 0 rings (SSSR count). The minimum Gasteiger partial charge on any atom is -0.352 e. The SMILES string of the molecule is CC(=O)CCNC(=O)C=C(C)C. The van der Waals surface area contributed by atoms with Crippen LogP contribution in [0.3, 0.4) is 0 Å². The fourth-order valence-electron chi connectivity index (χ4n) is 0.675. The van der Waals surface area contributed by atoms with Crippen LogP contribution in [-0.4, -0.2) is 18.2 Å². The van der Waals surface area contributed by atoms with E-state index in [-0.39, 0.29) is 11.7 Å². The Labute approximate surface area is 72.8 Å². The summed E-state index contributed by atoms with van der Waals surface area (Å²) in [6.45, 7) is 5.64. The minimum atomic E-state index is -0.128. The van der Waals surface area contributed by atoms with Crippen molar-refractivity contribution >= 4 is 11.7 Å². The van der Waals surface area contributed by atoms with Crippen molar-refractivity contribution in [2.75, 3.05) is 6.54 Å². The van der Waals surface area contributed by atoms with E-state index in [1.165, 1.54) is 13.0 Å². The van der Waals surface area contributed by atoms with Crippen molar-refractivity contribution in [2.45, 2.75) is 27.2 Å². The Balaban J connectivity index is 3.59. The molecule has 0 atom stereocenters. The number of carbonyl (C=O) groups is 2. The number of allylic oxidation sites excluding steroid dienone is 1. The molecule has 0 heterocycles. The Morgan fingerprint density at radius 3 is 2.25 bits per heavy atom. The van der Waals surface area contributed by atoms with Gasteiger partial charge in [0.05, 0.1) is 0 Å². The summed E-state index contributed by atoms with van der Waals surface area (Å²) < 4.78 is 0. The van der Waals surface area contributed by atoms with Crippen LogP contribution in [0.4, 0.5) is 0 Å². The summed E-state index contributed by atoms with van der Waals surface area (Å²) in [4.78, 5) is 21.4. The van der Waals surface area contributed by atoms with Gasteiger partial charge in [0.25, 0.3) is 0 Å². The molecule has 68 valence electrons. The van der Waals surface area contributed by atoms with Gasteiger partial charge in [-0.15, -0.1) is 0 Å². The Kier molecular flexibility index (Phi) is 5.00. The highest BCUT2D eigenvalue weighted by Crippen LogP contribution is 1.87. The van der Waals surface area contributed by atoms with E-state index >= 15 is 0 Å². The first-order valence-corrected chi connectivity index (χ1v) is 3.94. The molecule has 0 fully saturated rings. The van der Waals surface area contributed by atoms with Crippen LogP contribution in [0.5, 0.6) is 0 Å². The van der Waals surface area contributed by atoms with E-state index in [2.05, 4.69) is 5.32 Å².